The highest BCUT2D eigenvalue weighted by atomic mass is 32.1. The third kappa shape index (κ3) is 3.36. The second-order valence-corrected chi connectivity index (χ2v) is 8.04. The highest BCUT2D eigenvalue weighted by Gasteiger charge is 2.44. The molecule has 0 aromatic carbocycles. The van der Waals surface area contributed by atoms with Crippen LogP contribution < -0.4 is 0 Å². The Morgan fingerprint density at radius 2 is 2.27 bits per heavy atom. The minimum absolute atomic E-state index is 0.256. The first-order valence-corrected chi connectivity index (χ1v) is 9.11. The number of likely N-dealkylation sites (tertiary alicyclic amines) is 2. The maximum atomic E-state index is 12.1. The van der Waals surface area contributed by atoms with E-state index in [2.05, 4.69) is 46.3 Å². The molecule has 3 rings (SSSR count). The van der Waals surface area contributed by atoms with Crippen molar-refractivity contribution >= 4 is 17.2 Å². The van der Waals surface area contributed by atoms with Crippen LogP contribution in [0, 0.1) is 5.92 Å². The van der Waals surface area contributed by atoms with E-state index >= 15 is 0 Å². The lowest BCUT2D eigenvalue weighted by molar-refractivity contribution is -0.133. The van der Waals surface area contributed by atoms with Crippen molar-refractivity contribution in [2.45, 2.75) is 38.4 Å². The molecule has 0 spiro atoms. The third-order valence-electron chi connectivity index (χ3n) is 5.00. The molecule has 2 aliphatic rings. The summed E-state index contributed by atoms with van der Waals surface area (Å²) in [4.78, 5) is 20.5. The molecule has 3 heterocycles. The van der Waals surface area contributed by atoms with Crippen LogP contribution in [-0.4, -0.2) is 66.4 Å². The molecule has 2 aliphatic heterocycles. The topological polar surface area (TPSA) is 26.8 Å². The lowest BCUT2D eigenvalue weighted by atomic mass is 9.92. The summed E-state index contributed by atoms with van der Waals surface area (Å²) in [6.45, 7) is 6.04. The van der Waals surface area contributed by atoms with Gasteiger partial charge in [-0.3, -0.25) is 9.69 Å². The van der Waals surface area contributed by atoms with Gasteiger partial charge in [0.2, 0.25) is 5.91 Å². The molecule has 0 N–H and O–H groups in total. The summed E-state index contributed by atoms with van der Waals surface area (Å²) in [6, 6.07) is 5.21. The standard InChI is InChI=1S/C17H27N3OS/c1-13(21)20-15(11-18(2)3)9-14-10-19(7-6-17(14)20)12-16-5-4-8-22-16/h4-5,8,14-15,17H,6-7,9-12H2,1-3H3/t14-,15+,17+/m1/s1. The molecule has 0 radical (unpaired) electrons. The quantitative estimate of drug-likeness (QED) is 0.850. The van der Waals surface area contributed by atoms with Crippen molar-refractivity contribution in [2.24, 2.45) is 5.92 Å². The van der Waals surface area contributed by atoms with Crippen LogP contribution in [0.3, 0.4) is 0 Å². The van der Waals surface area contributed by atoms with E-state index in [-0.39, 0.29) is 5.91 Å². The number of carbonyl (C=O) groups is 1. The van der Waals surface area contributed by atoms with Crippen LogP contribution in [0.4, 0.5) is 0 Å². The Bertz CT molecular complexity index is 502. The van der Waals surface area contributed by atoms with Crippen LogP contribution in [0.25, 0.3) is 0 Å². The molecule has 5 heteroatoms. The number of nitrogens with zero attached hydrogens (tertiary/aromatic N) is 3. The molecule has 1 aromatic heterocycles. The van der Waals surface area contributed by atoms with Gasteiger partial charge in [-0.2, -0.15) is 0 Å². The predicted octanol–water partition coefficient (Wildman–Crippen LogP) is 2.12. The van der Waals surface area contributed by atoms with Crippen LogP contribution in [0.2, 0.25) is 0 Å². The fourth-order valence-corrected chi connectivity index (χ4v) is 5.01. The molecule has 1 amide bonds. The number of thiophene rings is 1. The molecule has 0 saturated carbocycles. The molecular formula is C17H27N3OS. The highest BCUT2D eigenvalue weighted by Crippen LogP contribution is 2.36. The summed E-state index contributed by atoms with van der Waals surface area (Å²) in [7, 11) is 4.20. The Kier molecular flexibility index (Phi) is 4.85. The number of likely N-dealkylation sites (N-methyl/N-ethyl adjacent to an activating group) is 1. The first-order valence-electron chi connectivity index (χ1n) is 8.23. The molecule has 3 atom stereocenters. The van der Waals surface area contributed by atoms with Gasteiger partial charge in [-0.1, -0.05) is 6.07 Å². The van der Waals surface area contributed by atoms with Crippen molar-refractivity contribution in [3.8, 4) is 0 Å². The first-order chi connectivity index (χ1) is 10.5. The molecule has 2 saturated heterocycles. The van der Waals surface area contributed by atoms with Crippen molar-refractivity contribution in [2.75, 3.05) is 33.7 Å². The lowest BCUT2D eigenvalue weighted by Gasteiger charge is -2.38. The van der Waals surface area contributed by atoms with Gasteiger partial charge in [-0.05, 0) is 44.3 Å². The summed E-state index contributed by atoms with van der Waals surface area (Å²) >= 11 is 1.84. The summed E-state index contributed by atoms with van der Waals surface area (Å²) in [5.41, 5.74) is 0. The van der Waals surface area contributed by atoms with E-state index in [0.717, 1.165) is 39.0 Å². The van der Waals surface area contributed by atoms with Gasteiger partial charge in [0.15, 0.2) is 0 Å². The zero-order valence-electron chi connectivity index (χ0n) is 13.9. The fourth-order valence-electron chi connectivity index (χ4n) is 4.27. The van der Waals surface area contributed by atoms with Crippen molar-refractivity contribution in [1.29, 1.82) is 0 Å². The van der Waals surface area contributed by atoms with E-state index in [1.807, 2.05) is 11.3 Å². The number of fused-ring (bicyclic) bond motifs is 1. The summed E-state index contributed by atoms with van der Waals surface area (Å²) in [6.07, 6.45) is 2.28. The van der Waals surface area contributed by atoms with E-state index in [0.29, 0.717) is 18.0 Å². The van der Waals surface area contributed by atoms with Crippen molar-refractivity contribution in [3.05, 3.63) is 22.4 Å². The maximum Gasteiger partial charge on any atom is 0.219 e. The van der Waals surface area contributed by atoms with Crippen LogP contribution in [0.5, 0.6) is 0 Å². The average molecular weight is 321 g/mol. The van der Waals surface area contributed by atoms with Gasteiger partial charge in [-0.15, -0.1) is 11.3 Å². The van der Waals surface area contributed by atoms with E-state index in [9.17, 15) is 4.79 Å². The molecule has 122 valence electrons. The lowest BCUT2D eigenvalue weighted by Crippen LogP contribution is -2.49. The molecule has 0 aliphatic carbocycles. The van der Waals surface area contributed by atoms with Crippen LogP contribution >= 0.6 is 11.3 Å². The predicted molar refractivity (Wildman–Crippen MR) is 91.0 cm³/mol. The first kappa shape index (κ1) is 16.0. The monoisotopic (exact) mass is 321 g/mol. The molecule has 0 bridgehead atoms. The second-order valence-electron chi connectivity index (χ2n) is 7.01. The van der Waals surface area contributed by atoms with Crippen LogP contribution in [-0.2, 0) is 11.3 Å². The number of amides is 1. The largest absolute Gasteiger partial charge is 0.335 e. The van der Waals surface area contributed by atoms with Gasteiger partial charge in [0.1, 0.15) is 0 Å². The van der Waals surface area contributed by atoms with E-state index in [1.165, 1.54) is 4.88 Å². The average Bonchev–Trinajstić information content (AvgIpc) is 3.04. The number of piperidine rings is 1. The summed E-state index contributed by atoms with van der Waals surface area (Å²) in [5, 5.41) is 2.16. The minimum Gasteiger partial charge on any atom is -0.335 e. The van der Waals surface area contributed by atoms with Gasteiger partial charge in [0, 0.05) is 50.1 Å². The Morgan fingerprint density at radius 1 is 1.45 bits per heavy atom. The van der Waals surface area contributed by atoms with Gasteiger partial charge in [0.05, 0.1) is 0 Å². The van der Waals surface area contributed by atoms with E-state index in [4.69, 9.17) is 0 Å². The molecule has 2 fully saturated rings. The molecule has 22 heavy (non-hydrogen) atoms. The van der Waals surface area contributed by atoms with Crippen molar-refractivity contribution < 1.29 is 4.79 Å². The van der Waals surface area contributed by atoms with Crippen LogP contribution in [0.15, 0.2) is 17.5 Å². The molecule has 0 unspecified atom stereocenters. The zero-order valence-corrected chi connectivity index (χ0v) is 14.7. The summed E-state index contributed by atoms with van der Waals surface area (Å²) in [5.74, 6) is 0.897. The molecule has 4 nitrogen and oxygen atoms in total. The van der Waals surface area contributed by atoms with Crippen molar-refractivity contribution in [1.82, 2.24) is 14.7 Å². The van der Waals surface area contributed by atoms with Crippen molar-refractivity contribution in [3.63, 3.8) is 0 Å². The smallest absolute Gasteiger partial charge is 0.219 e. The van der Waals surface area contributed by atoms with Gasteiger partial charge >= 0.3 is 0 Å². The van der Waals surface area contributed by atoms with E-state index < -0.39 is 0 Å². The zero-order chi connectivity index (χ0) is 15.7. The maximum absolute atomic E-state index is 12.1. The van der Waals surface area contributed by atoms with Gasteiger partial charge in [0.25, 0.3) is 0 Å². The van der Waals surface area contributed by atoms with Gasteiger partial charge < -0.3 is 9.80 Å². The van der Waals surface area contributed by atoms with Gasteiger partial charge in [-0.25, -0.2) is 0 Å². The Morgan fingerprint density at radius 3 is 2.91 bits per heavy atom. The SMILES string of the molecule is CC(=O)N1[C@H](CN(C)C)C[C@@H]2CN(Cc3cccs3)CC[C@@H]21. The third-order valence-corrected chi connectivity index (χ3v) is 5.86. The Labute approximate surface area is 137 Å². The highest BCUT2D eigenvalue weighted by molar-refractivity contribution is 7.09. The molecule has 1 aromatic rings. The number of carbonyl (C=O) groups excluding carboxylic acids is 1. The minimum atomic E-state index is 0.256. The Hall–Kier alpha value is -0.910. The summed E-state index contributed by atoms with van der Waals surface area (Å²) < 4.78 is 0. The molecular weight excluding hydrogens is 294 g/mol. The fraction of sp³-hybridized carbons (Fsp3) is 0.706. The number of rotatable bonds is 4. The second kappa shape index (κ2) is 6.69. The Balaban J connectivity index is 1.66. The normalized spacial score (nSPS) is 29.1. The number of hydrogen-bond acceptors (Lipinski definition) is 4. The van der Waals surface area contributed by atoms with E-state index in [1.54, 1.807) is 6.92 Å². The van der Waals surface area contributed by atoms with Crippen LogP contribution in [0.1, 0.15) is 24.6 Å². The number of hydrogen-bond donors (Lipinski definition) is 0.